The molecule has 3 rings (SSSR count). The fraction of sp³-hybridized carbons (Fsp3) is 0.385. The van der Waals surface area contributed by atoms with Gasteiger partial charge in [-0.15, -0.1) is 0 Å². The number of carboxylic acids is 1. The molecule has 0 radical (unpaired) electrons. The summed E-state index contributed by atoms with van der Waals surface area (Å²) in [7, 11) is 3.17. The lowest BCUT2D eigenvalue weighted by atomic mass is 10.1. The average molecular weight is 470 g/mol. The fourth-order valence-electron chi connectivity index (χ4n) is 3.53. The van der Waals surface area contributed by atoms with Crippen LogP contribution in [0.3, 0.4) is 0 Å². The normalized spacial score (nSPS) is 11.9. The molecular formula is C26H31NO7. The number of fused-ring (bicyclic) bond motifs is 1. The fourth-order valence-corrected chi connectivity index (χ4v) is 3.53. The zero-order valence-corrected chi connectivity index (χ0v) is 20.2. The van der Waals surface area contributed by atoms with Gasteiger partial charge in [0.2, 0.25) is 0 Å². The van der Waals surface area contributed by atoms with E-state index in [1.165, 1.54) is 0 Å². The number of carbonyl (C=O) groups is 1. The number of aromatic nitrogens is 1. The molecule has 2 aromatic carbocycles. The van der Waals surface area contributed by atoms with Crippen LogP contribution < -0.4 is 18.9 Å². The molecule has 0 spiro atoms. The first-order valence-electron chi connectivity index (χ1n) is 11.1. The Morgan fingerprint density at radius 3 is 2.32 bits per heavy atom. The van der Waals surface area contributed by atoms with Gasteiger partial charge < -0.3 is 28.8 Å². The number of benzene rings is 2. The second-order valence-corrected chi connectivity index (χ2v) is 7.92. The van der Waals surface area contributed by atoms with E-state index in [-0.39, 0.29) is 19.1 Å². The van der Waals surface area contributed by atoms with Crippen molar-refractivity contribution in [2.45, 2.75) is 46.0 Å². The Hall–Kier alpha value is -3.52. The Bertz CT molecular complexity index is 1110. The first kappa shape index (κ1) is 25.1. The number of nitrogens with zero attached hydrogens (tertiary/aromatic N) is 1. The van der Waals surface area contributed by atoms with Crippen molar-refractivity contribution >= 4 is 16.9 Å². The molecule has 0 aliphatic carbocycles. The summed E-state index contributed by atoms with van der Waals surface area (Å²) < 4.78 is 28.3. The van der Waals surface area contributed by atoms with Crippen LogP contribution in [0.25, 0.3) is 10.9 Å². The van der Waals surface area contributed by atoms with Crippen molar-refractivity contribution in [3.8, 4) is 23.0 Å². The van der Waals surface area contributed by atoms with Crippen LogP contribution in [0, 0.1) is 0 Å². The third kappa shape index (κ3) is 6.08. The molecule has 1 atom stereocenters. The van der Waals surface area contributed by atoms with Gasteiger partial charge in [0.05, 0.1) is 31.4 Å². The molecule has 0 saturated heterocycles. The van der Waals surface area contributed by atoms with E-state index in [1.807, 2.05) is 50.2 Å². The van der Waals surface area contributed by atoms with Crippen LogP contribution in [0.5, 0.6) is 23.0 Å². The summed E-state index contributed by atoms with van der Waals surface area (Å²) in [5.41, 5.74) is 2.37. The molecular weight excluding hydrogens is 438 g/mol. The molecule has 182 valence electrons. The van der Waals surface area contributed by atoms with Crippen molar-refractivity contribution in [2.75, 3.05) is 20.8 Å². The van der Waals surface area contributed by atoms with Gasteiger partial charge in [-0.25, -0.2) is 4.79 Å². The Morgan fingerprint density at radius 1 is 1.06 bits per heavy atom. The molecule has 8 heteroatoms. The quantitative estimate of drug-likeness (QED) is 0.409. The molecule has 0 bridgehead atoms. The zero-order chi connectivity index (χ0) is 24.7. The van der Waals surface area contributed by atoms with Crippen molar-refractivity contribution in [1.29, 1.82) is 0 Å². The predicted octanol–water partition coefficient (Wildman–Crippen LogP) is 4.65. The van der Waals surface area contributed by atoms with E-state index >= 15 is 0 Å². The van der Waals surface area contributed by atoms with Crippen LogP contribution in [0.15, 0.2) is 42.6 Å². The van der Waals surface area contributed by atoms with Crippen molar-refractivity contribution in [1.82, 2.24) is 4.98 Å². The van der Waals surface area contributed by atoms with Gasteiger partial charge in [0.15, 0.2) is 17.6 Å². The first-order chi connectivity index (χ1) is 16.4. The van der Waals surface area contributed by atoms with Crippen molar-refractivity contribution in [3.63, 3.8) is 0 Å². The average Bonchev–Trinajstić information content (AvgIpc) is 2.82. The van der Waals surface area contributed by atoms with E-state index in [1.54, 1.807) is 27.3 Å². The van der Waals surface area contributed by atoms with Crippen molar-refractivity contribution in [3.05, 3.63) is 53.7 Å². The minimum Gasteiger partial charge on any atom is -0.493 e. The number of pyridine rings is 1. The molecule has 0 fully saturated rings. The number of hydrogen-bond acceptors (Lipinski definition) is 7. The molecule has 1 N–H and O–H groups in total. The number of ether oxygens (including phenoxy) is 5. The SMILES string of the molecule is CCOC(Cc1ccc(OCc2cnc3cc(OC)c(OC)cc3c2OC(C)C)cc1)C(=O)O. The van der Waals surface area contributed by atoms with Gasteiger partial charge in [-0.3, -0.25) is 4.98 Å². The highest BCUT2D eigenvalue weighted by atomic mass is 16.5. The smallest absolute Gasteiger partial charge is 0.333 e. The number of hydrogen-bond donors (Lipinski definition) is 1. The van der Waals surface area contributed by atoms with E-state index in [9.17, 15) is 9.90 Å². The van der Waals surface area contributed by atoms with Gasteiger partial charge >= 0.3 is 5.97 Å². The third-order valence-corrected chi connectivity index (χ3v) is 5.13. The van der Waals surface area contributed by atoms with Crippen LogP contribution in [0.4, 0.5) is 0 Å². The summed E-state index contributed by atoms with van der Waals surface area (Å²) in [5, 5.41) is 10.1. The van der Waals surface area contributed by atoms with Gasteiger partial charge in [-0.05, 0) is 44.5 Å². The lowest BCUT2D eigenvalue weighted by Crippen LogP contribution is -2.26. The Balaban J connectivity index is 1.82. The van der Waals surface area contributed by atoms with Gasteiger partial charge in [0, 0.05) is 30.7 Å². The number of carboxylic acid groups (broad SMARTS) is 1. The summed E-state index contributed by atoms with van der Waals surface area (Å²) >= 11 is 0. The molecule has 1 aromatic heterocycles. The highest BCUT2D eigenvalue weighted by Crippen LogP contribution is 2.37. The number of rotatable bonds is 12. The van der Waals surface area contributed by atoms with Crippen molar-refractivity contribution in [2.24, 2.45) is 0 Å². The predicted molar refractivity (Wildman–Crippen MR) is 128 cm³/mol. The molecule has 34 heavy (non-hydrogen) atoms. The van der Waals surface area contributed by atoms with Crippen LogP contribution in [-0.2, 0) is 22.6 Å². The molecule has 8 nitrogen and oxygen atoms in total. The largest absolute Gasteiger partial charge is 0.493 e. The minimum absolute atomic E-state index is 0.0516. The maximum Gasteiger partial charge on any atom is 0.333 e. The summed E-state index contributed by atoms with van der Waals surface area (Å²) in [6, 6.07) is 11.0. The number of methoxy groups -OCH3 is 2. The van der Waals surface area contributed by atoms with Crippen LogP contribution in [0.1, 0.15) is 31.9 Å². The zero-order valence-electron chi connectivity index (χ0n) is 20.2. The summed E-state index contributed by atoms with van der Waals surface area (Å²) in [4.78, 5) is 15.9. The van der Waals surface area contributed by atoms with Crippen LogP contribution in [-0.4, -0.2) is 49.1 Å². The number of aliphatic carboxylic acids is 1. The summed E-state index contributed by atoms with van der Waals surface area (Å²) in [6.45, 7) is 6.29. The minimum atomic E-state index is -0.974. The highest BCUT2D eigenvalue weighted by Gasteiger charge is 2.19. The Kier molecular flexibility index (Phi) is 8.54. The standard InChI is InChI=1S/C26H31NO7/c1-6-32-24(26(28)29)11-17-7-9-19(10-8-17)33-15-18-14-27-21-13-23(31-5)22(30-4)12-20(21)25(18)34-16(2)3/h7-10,12-14,16,24H,6,11,15H2,1-5H3,(H,28,29). The molecule has 1 heterocycles. The molecule has 0 aliphatic heterocycles. The monoisotopic (exact) mass is 469 g/mol. The second-order valence-electron chi connectivity index (χ2n) is 7.92. The van der Waals surface area contributed by atoms with Gasteiger partial charge in [-0.1, -0.05) is 12.1 Å². The molecule has 0 aliphatic rings. The van der Waals surface area contributed by atoms with E-state index in [0.717, 1.165) is 22.0 Å². The third-order valence-electron chi connectivity index (χ3n) is 5.13. The molecule has 3 aromatic rings. The second kappa shape index (κ2) is 11.6. The maximum atomic E-state index is 11.3. The maximum absolute atomic E-state index is 11.3. The summed E-state index contributed by atoms with van der Waals surface area (Å²) in [5.74, 6) is 1.54. The van der Waals surface area contributed by atoms with Crippen LogP contribution >= 0.6 is 0 Å². The lowest BCUT2D eigenvalue weighted by Gasteiger charge is -2.18. The first-order valence-corrected chi connectivity index (χ1v) is 11.1. The molecule has 1 unspecified atom stereocenters. The highest BCUT2D eigenvalue weighted by molar-refractivity contribution is 5.89. The molecule has 0 saturated carbocycles. The summed E-state index contributed by atoms with van der Waals surface area (Å²) in [6.07, 6.45) is 1.10. The van der Waals surface area contributed by atoms with Gasteiger partial charge in [0.25, 0.3) is 0 Å². The van der Waals surface area contributed by atoms with E-state index < -0.39 is 12.1 Å². The van der Waals surface area contributed by atoms with E-state index in [2.05, 4.69) is 4.98 Å². The van der Waals surface area contributed by atoms with E-state index in [0.29, 0.717) is 29.6 Å². The molecule has 0 amide bonds. The van der Waals surface area contributed by atoms with Crippen molar-refractivity contribution < 1.29 is 33.6 Å². The van der Waals surface area contributed by atoms with Crippen LogP contribution in [0.2, 0.25) is 0 Å². The van der Waals surface area contributed by atoms with Gasteiger partial charge in [-0.2, -0.15) is 0 Å². The Labute approximate surface area is 199 Å². The topological polar surface area (TPSA) is 96.3 Å². The van der Waals surface area contributed by atoms with E-state index in [4.69, 9.17) is 23.7 Å². The lowest BCUT2D eigenvalue weighted by molar-refractivity contribution is -0.149. The van der Waals surface area contributed by atoms with Gasteiger partial charge in [0.1, 0.15) is 18.1 Å². The Morgan fingerprint density at radius 2 is 1.74 bits per heavy atom.